The van der Waals surface area contributed by atoms with E-state index in [1.807, 2.05) is 18.2 Å². The van der Waals surface area contributed by atoms with Crippen LogP contribution in [0.15, 0.2) is 63.5 Å². The Morgan fingerprint density at radius 2 is 1.69 bits per heavy atom. The molecule has 1 aromatic heterocycles. The average molecular weight is 685 g/mol. The molecule has 2 aliphatic carbocycles. The van der Waals surface area contributed by atoms with Gasteiger partial charge < -0.3 is 24.1 Å². The third-order valence-corrected chi connectivity index (χ3v) is 10.7. The monoisotopic (exact) mass is 684 g/mol. The second kappa shape index (κ2) is 14.0. The van der Waals surface area contributed by atoms with E-state index < -0.39 is 5.91 Å². The van der Waals surface area contributed by atoms with Gasteiger partial charge in [0.05, 0.1) is 38.3 Å². The van der Waals surface area contributed by atoms with E-state index in [4.69, 9.17) is 19.2 Å². The summed E-state index contributed by atoms with van der Waals surface area (Å²) in [6, 6.07) is 13.0. The molecule has 2 N–H and O–H groups in total. The van der Waals surface area contributed by atoms with Crippen molar-refractivity contribution in [3.8, 4) is 17.2 Å². The Bertz CT molecular complexity index is 1880. The van der Waals surface area contributed by atoms with Crippen molar-refractivity contribution in [3.05, 3.63) is 81.0 Å². The number of nitrogens with one attached hydrogen (secondary N) is 2. The lowest BCUT2D eigenvalue weighted by molar-refractivity contribution is -0.125. The fraction of sp³-hybridized carbons (Fsp3) is 0.417. The largest absolute Gasteiger partial charge is 0.497 e. The first-order chi connectivity index (χ1) is 23.9. The molecule has 2 aromatic carbocycles. The number of aliphatic imine (C=N–C) groups is 1. The maximum Gasteiger partial charge on any atom is 0.306 e. The number of nitrogens with zero attached hydrogens (tertiary/aromatic N) is 4. The number of aromatic amines is 1. The molecule has 0 radical (unpaired) electrons. The highest BCUT2D eigenvalue weighted by atomic mass is 32.2. The molecule has 2 aliphatic heterocycles. The first kappa shape index (κ1) is 32.8. The van der Waals surface area contributed by atoms with Gasteiger partial charge in [-0.25, -0.2) is 9.98 Å². The fourth-order valence-electron chi connectivity index (χ4n) is 7.43. The lowest BCUT2D eigenvalue weighted by atomic mass is 9.75. The molecule has 12 nitrogen and oxygen atoms in total. The number of fused-ring (bicyclic) bond motifs is 1. The molecule has 1 saturated heterocycles. The first-order valence-corrected chi connectivity index (χ1v) is 17.8. The lowest BCUT2D eigenvalue weighted by Crippen LogP contribution is -2.48. The topological polar surface area (TPSA) is 138 Å². The van der Waals surface area contributed by atoms with Crippen molar-refractivity contribution < 1.29 is 23.8 Å². The SMILES string of the molecule is COc1ccc(N=C2SCC(=O)N2NC(=O)c2nc3c(c(=O)[nH]2)C(c2ccc(OC)c(OC)c2)C2=C(CCCC2)N3C2CCCCC2)cc1. The number of hydrogen-bond donors (Lipinski definition) is 2. The van der Waals surface area contributed by atoms with E-state index in [-0.39, 0.29) is 35.0 Å². The van der Waals surface area contributed by atoms with Crippen LogP contribution in [-0.2, 0) is 4.79 Å². The normalized spacial score (nSPS) is 20.3. The van der Waals surface area contributed by atoms with Gasteiger partial charge in [0.25, 0.3) is 11.5 Å². The molecular formula is C36H40N6O6S. The number of rotatable bonds is 8. The number of thioether (sulfide) groups is 1. The molecule has 3 heterocycles. The summed E-state index contributed by atoms with van der Waals surface area (Å²) in [7, 11) is 4.78. The number of H-pyrrole nitrogens is 1. The van der Waals surface area contributed by atoms with Gasteiger partial charge >= 0.3 is 5.91 Å². The molecule has 4 aliphatic rings. The third-order valence-electron chi connectivity index (χ3n) is 9.74. The van der Waals surface area contributed by atoms with Crippen LogP contribution >= 0.6 is 11.8 Å². The summed E-state index contributed by atoms with van der Waals surface area (Å²) in [5.74, 6) is 0.925. The van der Waals surface area contributed by atoms with Gasteiger partial charge in [0.2, 0.25) is 5.82 Å². The molecule has 2 amide bonds. The van der Waals surface area contributed by atoms with Crippen LogP contribution < -0.4 is 30.1 Å². The van der Waals surface area contributed by atoms with Crippen LogP contribution in [0.2, 0.25) is 0 Å². The number of aromatic nitrogens is 2. The van der Waals surface area contributed by atoms with Crippen molar-refractivity contribution in [1.82, 2.24) is 20.4 Å². The number of benzene rings is 2. The van der Waals surface area contributed by atoms with E-state index in [1.165, 1.54) is 29.5 Å². The molecule has 7 rings (SSSR count). The summed E-state index contributed by atoms with van der Waals surface area (Å²) in [4.78, 5) is 55.7. The molecule has 256 valence electrons. The smallest absolute Gasteiger partial charge is 0.306 e. The number of carbonyl (C=O) groups excluding carboxylic acids is 2. The number of amidine groups is 1. The van der Waals surface area contributed by atoms with Gasteiger partial charge in [0.1, 0.15) is 11.6 Å². The van der Waals surface area contributed by atoms with Gasteiger partial charge in [-0.05, 0) is 86.1 Å². The molecule has 2 fully saturated rings. The summed E-state index contributed by atoms with van der Waals surface area (Å²) < 4.78 is 16.4. The van der Waals surface area contributed by atoms with E-state index in [0.29, 0.717) is 39.5 Å². The highest BCUT2D eigenvalue weighted by Gasteiger charge is 2.42. The van der Waals surface area contributed by atoms with Crippen LogP contribution in [-0.4, -0.2) is 65.1 Å². The predicted octanol–water partition coefficient (Wildman–Crippen LogP) is 5.82. The Hall–Kier alpha value is -4.78. The summed E-state index contributed by atoms with van der Waals surface area (Å²) in [5.41, 5.74) is 6.72. The Morgan fingerprint density at radius 1 is 0.939 bits per heavy atom. The van der Waals surface area contributed by atoms with E-state index in [9.17, 15) is 14.4 Å². The van der Waals surface area contributed by atoms with Crippen LogP contribution in [0.3, 0.4) is 0 Å². The number of amides is 2. The molecule has 1 saturated carbocycles. The predicted molar refractivity (Wildman–Crippen MR) is 188 cm³/mol. The van der Waals surface area contributed by atoms with Crippen LogP contribution in [0.5, 0.6) is 17.2 Å². The van der Waals surface area contributed by atoms with Crippen LogP contribution in [0, 0.1) is 0 Å². The van der Waals surface area contributed by atoms with Crippen molar-refractivity contribution >= 4 is 40.2 Å². The minimum atomic E-state index is -0.701. The minimum absolute atomic E-state index is 0.114. The third kappa shape index (κ3) is 6.27. The molecule has 0 bridgehead atoms. The summed E-state index contributed by atoms with van der Waals surface area (Å²) in [6.45, 7) is 0. The number of anilines is 1. The first-order valence-electron chi connectivity index (χ1n) is 16.8. The Labute approximate surface area is 288 Å². The molecule has 3 aromatic rings. The standard InChI is InChI=1S/C36H40N6O6S/c1-46-24-16-14-22(15-17-24)37-36-42(29(43)20-49-36)40-35(45)32-38-33-31(34(44)39-32)30(21-13-18-27(47-2)28(19-21)48-3)25-11-7-8-12-26(25)41(33)23-9-5-4-6-10-23/h13-19,23,30H,4-12,20H2,1-3H3,(H,40,45)(H,38,39,44). The summed E-state index contributed by atoms with van der Waals surface area (Å²) >= 11 is 1.22. The molecule has 13 heteroatoms. The van der Waals surface area contributed by atoms with Crippen molar-refractivity contribution in [1.29, 1.82) is 0 Å². The Kier molecular flexibility index (Phi) is 9.35. The number of ether oxygens (including phenoxy) is 3. The Balaban J connectivity index is 1.30. The molecule has 0 spiro atoms. The minimum Gasteiger partial charge on any atom is -0.497 e. The zero-order valence-corrected chi connectivity index (χ0v) is 28.7. The van der Waals surface area contributed by atoms with Crippen molar-refractivity contribution in [2.75, 3.05) is 32.0 Å². The van der Waals surface area contributed by atoms with Crippen molar-refractivity contribution in [3.63, 3.8) is 0 Å². The van der Waals surface area contributed by atoms with E-state index in [1.54, 1.807) is 45.6 Å². The van der Waals surface area contributed by atoms with Crippen LogP contribution in [0.25, 0.3) is 0 Å². The highest BCUT2D eigenvalue weighted by molar-refractivity contribution is 8.15. The molecule has 1 atom stereocenters. The van der Waals surface area contributed by atoms with Gasteiger partial charge in [0, 0.05) is 17.7 Å². The molecular weight excluding hydrogens is 644 g/mol. The number of methoxy groups -OCH3 is 3. The summed E-state index contributed by atoms with van der Waals surface area (Å²) in [6.07, 6.45) is 9.15. The maximum absolute atomic E-state index is 14.3. The van der Waals surface area contributed by atoms with E-state index in [0.717, 1.165) is 61.9 Å². The van der Waals surface area contributed by atoms with Gasteiger partial charge in [-0.15, -0.1) is 0 Å². The number of carbonyl (C=O) groups is 2. The van der Waals surface area contributed by atoms with E-state index >= 15 is 0 Å². The molecule has 1 unspecified atom stereocenters. The second-order valence-corrected chi connectivity index (χ2v) is 13.5. The fourth-order valence-corrected chi connectivity index (χ4v) is 8.26. The van der Waals surface area contributed by atoms with E-state index in [2.05, 4.69) is 20.3 Å². The quantitative estimate of drug-likeness (QED) is 0.301. The lowest BCUT2D eigenvalue weighted by Gasteiger charge is -2.45. The zero-order valence-electron chi connectivity index (χ0n) is 27.9. The molecule has 49 heavy (non-hydrogen) atoms. The maximum atomic E-state index is 14.3. The number of hydrogen-bond acceptors (Lipinski definition) is 10. The van der Waals surface area contributed by atoms with Gasteiger partial charge in [-0.3, -0.25) is 19.8 Å². The van der Waals surface area contributed by atoms with Gasteiger partial charge in [-0.2, -0.15) is 5.01 Å². The number of allylic oxidation sites excluding steroid dienone is 2. The van der Waals surface area contributed by atoms with Crippen molar-refractivity contribution in [2.45, 2.75) is 69.7 Å². The second-order valence-electron chi connectivity index (χ2n) is 12.6. The van der Waals surface area contributed by atoms with Crippen molar-refractivity contribution in [2.24, 2.45) is 4.99 Å². The highest BCUT2D eigenvalue weighted by Crippen LogP contribution is 2.50. The van der Waals surface area contributed by atoms with Gasteiger partial charge in [0.15, 0.2) is 16.7 Å². The average Bonchev–Trinajstić information content (AvgIpc) is 3.48. The zero-order chi connectivity index (χ0) is 34.1. The van der Waals surface area contributed by atoms with Crippen LogP contribution in [0.4, 0.5) is 11.5 Å². The summed E-state index contributed by atoms with van der Waals surface area (Å²) in [5, 5.41) is 1.45. The Morgan fingerprint density at radius 3 is 2.43 bits per heavy atom. The van der Waals surface area contributed by atoms with Crippen LogP contribution in [0.1, 0.15) is 85.5 Å². The number of hydrazine groups is 1. The van der Waals surface area contributed by atoms with Gasteiger partial charge in [-0.1, -0.05) is 37.1 Å².